The zero-order valence-corrected chi connectivity index (χ0v) is 21.0. The van der Waals surface area contributed by atoms with Crippen molar-refractivity contribution in [2.75, 3.05) is 6.61 Å². The fourth-order valence-electron chi connectivity index (χ4n) is 4.53. The number of benzene rings is 2. The highest BCUT2D eigenvalue weighted by Crippen LogP contribution is 2.35. The lowest BCUT2D eigenvalue weighted by atomic mass is 9.94. The Balaban J connectivity index is 1.77. The lowest BCUT2D eigenvalue weighted by Crippen LogP contribution is -2.67. The topological polar surface area (TPSA) is 135 Å². The first-order valence-corrected chi connectivity index (χ1v) is 11.9. The summed E-state index contributed by atoms with van der Waals surface area (Å²) in [6.45, 7) is 3.11. The van der Waals surface area contributed by atoms with Crippen LogP contribution in [0.4, 0.5) is 0 Å². The van der Waals surface area contributed by atoms with E-state index in [0.717, 1.165) is 24.3 Å². The molecule has 2 aromatic rings. The zero-order valence-electron chi connectivity index (χ0n) is 21.0. The summed E-state index contributed by atoms with van der Waals surface area (Å²) >= 11 is 0. The minimum Gasteiger partial charge on any atom is -0.463 e. The highest BCUT2D eigenvalue weighted by Gasteiger charge is 2.57. The van der Waals surface area contributed by atoms with Crippen molar-refractivity contribution in [3.05, 3.63) is 71.3 Å². The molecule has 0 radical (unpaired) electrons. The van der Waals surface area contributed by atoms with Gasteiger partial charge in [0.1, 0.15) is 18.8 Å². The van der Waals surface area contributed by atoms with Crippen molar-refractivity contribution in [1.29, 1.82) is 0 Å². The van der Waals surface area contributed by atoms with Gasteiger partial charge < -0.3 is 23.7 Å². The number of amides is 2. The van der Waals surface area contributed by atoms with Gasteiger partial charge in [0.15, 0.2) is 18.5 Å². The van der Waals surface area contributed by atoms with Crippen LogP contribution in [0, 0.1) is 0 Å². The number of hydrogen-bond donors (Lipinski definition) is 0. The van der Waals surface area contributed by atoms with Gasteiger partial charge in [-0.2, -0.15) is 0 Å². The largest absolute Gasteiger partial charge is 0.463 e. The fraction of sp³-hybridized carbons (Fsp3) is 0.370. The minimum atomic E-state index is -1.39. The predicted octanol–water partition coefficient (Wildman–Crippen LogP) is 2.02. The first-order valence-electron chi connectivity index (χ1n) is 11.9. The smallest absolute Gasteiger partial charge is 0.303 e. The highest BCUT2D eigenvalue weighted by molar-refractivity contribution is 6.21. The molecule has 0 bridgehead atoms. The van der Waals surface area contributed by atoms with Crippen molar-refractivity contribution in [1.82, 2.24) is 4.90 Å². The SMILES string of the molecule is CC(=O)OCC1O[C@@H](OCc2ccccc2)[C@@H](N2C(=O)c3ccccc3C2=O)[C@@H](OC(C)=O)[C@@H]1OC(C)=O. The molecule has 2 aliphatic rings. The summed E-state index contributed by atoms with van der Waals surface area (Å²) in [6.07, 6.45) is -5.20. The fourth-order valence-corrected chi connectivity index (χ4v) is 4.53. The van der Waals surface area contributed by atoms with Gasteiger partial charge in [0.25, 0.3) is 11.8 Å². The molecule has 11 nitrogen and oxygen atoms in total. The Morgan fingerprint density at radius 1 is 0.789 bits per heavy atom. The van der Waals surface area contributed by atoms with Crippen LogP contribution in [0.5, 0.6) is 0 Å². The maximum Gasteiger partial charge on any atom is 0.303 e. The predicted molar refractivity (Wildman–Crippen MR) is 128 cm³/mol. The third-order valence-corrected chi connectivity index (χ3v) is 6.05. The lowest BCUT2D eigenvalue weighted by Gasteiger charge is -2.47. The van der Waals surface area contributed by atoms with Gasteiger partial charge in [-0.05, 0) is 17.7 Å². The van der Waals surface area contributed by atoms with E-state index in [9.17, 15) is 24.0 Å². The van der Waals surface area contributed by atoms with Gasteiger partial charge in [-0.3, -0.25) is 28.9 Å². The van der Waals surface area contributed by atoms with Crippen LogP contribution in [-0.4, -0.2) is 71.9 Å². The molecule has 0 aromatic heterocycles. The summed E-state index contributed by atoms with van der Waals surface area (Å²) in [5, 5.41) is 0. The molecule has 0 saturated carbocycles. The van der Waals surface area contributed by atoms with E-state index in [0.29, 0.717) is 0 Å². The van der Waals surface area contributed by atoms with Crippen molar-refractivity contribution in [3.63, 3.8) is 0 Å². The summed E-state index contributed by atoms with van der Waals surface area (Å²) in [5.74, 6) is -3.42. The average molecular weight is 526 g/mol. The Labute approximate surface area is 218 Å². The van der Waals surface area contributed by atoms with Gasteiger partial charge in [-0.1, -0.05) is 42.5 Å². The number of hydrogen-bond acceptors (Lipinski definition) is 10. The van der Waals surface area contributed by atoms with E-state index in [1.807, 2.05) is 18.2 Å². The van der Waals surface area contributed by atoms with E-state index in [2.05, 4.69) is 0 Å². The van der Waals surface area contributed by atoms with Gasteiger partial charge in [-0.15, -0.1) is 0 Å². The van der Waals surface area contributed by atoms with E-state index in [1.165, 1.54) is 19.1 Å². The molecule has 38 heavy (non-hydrogen) atoms. The van der Waals surface area contributed by atoms with E-state index < -0.39 is 60.4 Å². The van der Waals surface area contributed by atoms with Crippen LogP contribution < -0.4 is 0 Å². The molecule has 0 N–H and O–H groups in total. The molecule has 11 heteroatoms. The van der Waals surface area contributed by atoms with Gasteiger partial charge in [0.2, 0.25) is 0 Å². The quantitative estimate of drug-likeness (QED) is 0.286. The van der Waals surface area contributed by atoms with Gasteiger partial charge in [0.05, 0.1) is 17.7 Å². The third kappa shape index (κ3) is 5.74. The van der Waals surface area contributed by atoms with E-state index >= 15 is 0 Å². The average Bonchev–Trinajstić information content (AvgIpc) is 3.13. The van der Waals surface area contributed by atoms with Crippen molar-refractivity contribution in [3.8, 4) is 0 Å². The highest BCUT2D eigenvalue weighted by atomic mass is 16.7. The summed E-state index contributed by atoms with van der Waals surface area (Å²) < 4.78 is 28.3. The van der Waals surface area contributed by atoms with Gasteiger partial charge >= 0.3 is 17.9 Å². The van der Waals surface area contributed by atoms with E-state index in [4.69, 9.17) is 23.7 Å². The van der Waals surface area contributed by atoms with Crippen LogP contribution in [0.15, 0.2) is 54.6 Å². The molecule has 0 aliphatic carbocycles. The van der Waals surface area contributed by atoms with Crippen LogP contribution in [0.2, 0.25) is 0 Å². The number of esters is 3. The molecule has 2 heterocycles. The van der Waals surface area contributed by atoms with E-state index in [1.54, 1.807) is 24.3 Å². The van der Waals surface area contributed by atoms with E-state index in [-0.39, 0.29) is 24.3 Å². The van der Waals surface area contributed by atoms with Crippen LogP contribution in [0.3, 0.4) is 0 Å². The minimum absolute atomic E-state index is 0.0104. The van der Waals surface area contributed by atoms with Crippen molar-refractivity contribution >= 4 is 29.7 Å². The normalized spacial score (nSPS) is 24.5. The maximum absolute atomic E-state index is 13.5. The second-order valence-electron chi connectivity index (χ2n) is 8.81. The Kier molecular flexibility index (Phi) is 8.18. The summed E-state index contributed by atoms with van der Waals surface area (Å²) in [6, 6.07) is 14.0. The second-order valence-corrected chi connectivity index (χ2v) is 8.81. The van der Waals surface area contributed by atoms with Crippen LogP contribution >= 0.6 is 0 Å². The molecule has 2 aromatic carbocycles. The van der Waals surface area contributed by atoms with Crippen LogP contribution in [-0.2, 0) is 44.7 Å². The number of ether oxygens (including phenoxy) is 5. The zero-order chi connectivity index (χ0) is 27.4. The summed E-state index contributed by atoms with van der Waals surface area (Å²) in [7, 11) is 0. The van der Waals surface area contributed by atoms with Crippen molar-refractivity contribution in [2.24, 2.45) is 0 Å². The molecule has 2 aliphatic heterocycles. The third-order valence-electron chi connectivity index (χ3n) is 6.05. The van der Waals surface area contributed by atoms with Crippen molar-refractivity contribution < 1.29 is 47.7 Å². The molecule has 1 saturated heterocycles. The molecule has 1 unspecified atom stereocenters. The number of carbonyl (C=O) groups is 5. The summed E-state index contributed by atoms with van der Waals surface area (Å²) in [4.78, 5) is 63.7. The molecule has 4 rings (SSSR count). The molecule has 200 valence electrons. The lowest BCUT2D eigenvalue weighted by molar-refractivity contribution is -0.288. The Morgan fingerprint density at radius 3 is 1.89 bits per heavy atom. The standard InChI is InChI=1S/C27H27NO10/c1-15(29)34-14-21-23(36-16(2)30)24(37-17(3)31)22(27(38-21)35-13-18-9-5-4-6-10-18)28-25(32)19-11-7-8-12-20(19)26(28)33/h4-12,21-24,27H,13-14H2,1-3H3/t21?,22-,23+,24+,27+/m0/s1. The molecule has 1 fully saturated rings. The monoisotopic (exact) mass is 525 g/mol. The number of carbonyl (C=O) groups excluding carboxylic acids is 5. The Bertz CT molecular complexity index is 1190. The van der Waals surface area contributed by atoms with Crippen LogP contribution in [0.25, 0.3) is 0 Å². The number of imide groups is 1. The summed E-state index contributed by atoms with van der Waals surface area (Å²) in [5.41, 5.74) is 1.08. The van der Waals surface area contributed by atoms with Gasteiger partial charge in [-0.25, -0.2) is 0 Å². The first kappa shape index (κ1) is 27.0. The number of fused-ring (bicyclic) bond motifs is 1. The Morgan fingerprint density at radius 2 is 1.34 bits per heavy atom. The number of nitrogens with zero attached hydrogens (tertiary/aromatic N) is 1. The Hall–Kier alpha value is -4.09. The molecule has 0 spiro atoms. The molecular weight excluding hydrogens is 498 g/mol. The van der Waals surface area contributed by atoms with Crippen LogP contribution in [0.1, 0.15) is 47.1 Å². The maximum atomic E-state index is 13.5. The first-order chi connectivity index (χ1) is 18.2. The molecule has 5 atom stereocenters. The molecule has 2 amide bonds. The van der Waals surface area contributed by atoms with Crippen molar-refractivity contribution in [2.45, 2.75) is 58.0 Å². The second kappa shape index (κ2) is 11.5. The number of rotatable bonds is 8. The van der Waals surface area contributed by atoms with Gasteiger partial charge in [0, 0.05) is 20.8 Å². The molecular formula is C27H27NO10.